The van der Waals surface area contributed by atoms with E-state index < -0.39 is 0 Å². The van der Waals surface area contributed by atoms with Gasteiger partial charge in [-0.15, -0.1) is 0 Å². The Balaban J connectivity index is 0.761. The fourth-order valence-electron chi connectivity index (χ4n) is 11.1. The van der Waals surface area contributed by atoms with Crippen LogP contribution in [0.5, 0.6) is 0 Å². The monoisotopic (exact) mass is 956 g/mol. The Kier molecular flexibility index (Phi) is 10.8. The van der Waals surface area contributed by atoms with Crippen molar-refractivity contribution in [3.63, 3.8) is 0 Å². The molecular formula is C72H48N2O. The summed E-state index contributed by atoms with van der Waals surface area (Å²) in [4.78, 5) is 2.35. The number of rotatable bonds is 10. The molecule has 0 aliphatic rings. The Morgan fingerprint density at radius 2 is 0.613 bits per heavy atom. The molecule has 0 amide bonds. The van der Waals surface area contributed by atoms with Crippen molar-refractivity contribution in [2.75, 3.05) is 4.90 Å². The first-order chi connectivity index (χ1) is 37.2. The Hall–Kier alpha value is -9.96. The molecule has 75 heavy (non-hydrogen) atoms. The van der Waals surface area contributed by atoms with Gasteiger partial charge in [0.05, 0.1) is 11.0 Å². The lowest BCUT2D eigenvalue weighted by Crippen LogP contribution is -2.09. The first-order valence-corrected chi connectivity index (χ1v) is 25.6. The van der Waals surface area contributed by atoms with Gasteiger partial charge in [0.15, 0.2) is 0 Å². The second-order valence-corrected chi connectivity index (χ2v) is 19.3. The van der Waals surface area contributed by atoms with Gasteiger partial charge in [-0.3, -0.25) is 0 Å². The van der Waals surface area contributed by atoms with Crippen molar-refractivity contribution in [2.45, 2.75) is 0 Å². The summed E-state index contributed by atoms with van der Waals surface area (Å²) in [5.74, 6) is 0. The van der Waals surface area contributed by atoms with Gasteiger partial charge in [0.2, 0.25) is 0 Å². The third-order valence-electron chi connectivity index (χ3n) is 14.9. The predicted molar refractivity (Wildman–Crippen MR) is 315 cm³/mol. The number of furan rings is 1. The van der Waals surface area contributed by atoms with Crippen molar-refractivity contribution in [3.8, 4) is 72.4 Å². The molecule has 12 aromatic carbocycles. The smallest absolute Gasteiger partial charge is 0.136 e. The van der Waals surface area contributed by atoms with E-state index in [0.29, 0.717) is 0 Å². The van der Waals surface area contributed by atoms with Crippen LogP contribution in [0.1, 0.15) is 0 Å². The Bertz CT molecular complexity index is 4290. The maximum absolute atomic E-state index is 6.21. The van der Waals surface area contributed by atoms with E-state index in [-0.39, 0.29) is 0 Å². The fraction of sp³-hybridized carbons (Fsp3) is 0. The summed E-state index contributed by atoms with van der Waals surface area (Å²) in [6, 6.07) is 105. The molecule has 0 aliphatic heterocycles. The molecule has 0 saturated carbocycles. The van der Waals surface area contributed by atoms with Crippen molar-refractivity contribution in [1.82, 2.24) is 4.57 Å². The van der Waals surface area contributed by atoms with E-state index in [1.165, 1.54) is 66.3 Å². The molecule has 14 rings (SSSR count). The summed E-state index contributed by atoms with van der Waals surface area (Å²) in [7, 11) is 0. The summed E-state index contributed by atoms with van der Waals surface area (Å²) in [6.07, 6.45) is 0. The van der Waals surface area contributed by atoms with Gasteiger partial charge in [-0.1, -0.05) is 218 Å². The zero-order valence-corrected chi connectivity index (χ0v) is 41.0. The predicted octanol–water partition coefficient (Wildman–Crippen LogP) is 20.2. The van der Waals surface area contributed by atoms with E-state index in [9.17, 15) is 0 Å². The largest absolute Gasteiger partial charge is 0.456 e. The number of aromatic nitrogens is 1. The van der Waals surface area contributed by atoms with Gasteiger partial charge in [0.1, 0.15) is 11.2 Å². The van der Waals surface area contributed by atoms with Gasteiger partial charge in [-0.05, 0) is 140 Å². The third kappa shape index (κ3) is 8.04. The van der Waals surface area contributed by atoms with Gasteiger partial charge >= 0.3 is 0 Å². The molecule has 0 fully saturated rings. The zero-order chi connectivity index (χ0) is 49.7. The zero-order valence-electron chi connectivity index (χ0n) is 41.0. The molecule has 0 atom stereocenters. The Morgan fingerprint density at radius 1 is 0.253 bits per heavy atom. The lowest BCUT2D eigenvalue weighted by molar-refractivity contribution is 0.669. The van der Waals surface area contributed by atoms with Crippen molar-refractivity contribution >= 4 is 60.8 Å². The summed E-state index contributed by atoms with van der Waals surface area (Å²) in [5.41, 5.74) is 22.8. The molecule has 2 heterocycles. The van der Waals surface area contributed by atoms with Crippen molar-refractivity contribution in [3.05, 3.63) is 291 Å². The SMILES string of the molecule is c1ccc(-c2ccc(-c3ccc(N(c4ccc(-c5ccc(-c6cccc(-n7c8ccccc8c8ccccc87)c6)cc5)cc4)c4ccc(-c5ccc(-c6cccc7oc8ccccc8c67)cc5)cc4)cc3)cc2)cc1. The number of anilines is 3. The van der Waals surface area contributed by atoms with E-state index in [4.69, 9.17) is 4.42 Å². The summed E-state index contributed by atoms with van der Waals surface area (Å²) >= 11 is 0. The molecule has 3 heteroatoms. The minimum atomic E-state index is 0.906. The van der Waals surface area contributed by atoms with Crippen LogP contribution >= 0.6 is 0 Å². The molecule has 0 aliphatic carbocycles. The van der Waals surface area contributed by atoms with Gasteiger partial charge < -0.3 is 13.9 Å². The van der Waals surface area contributed by atoms with Crippen molar-refractivity contribution < 1.29 is 4.42 Å². The highest BCUT2D eigenvalue weighted by molar-refractivity contribution is 6.12. The third-order valence-corrected chi connectivity index (χ3v) is 14.9. The quantitative estimate of drug-likeness (QED) is 0.136. The van der Waals surface area contributed by atoms with E-state index in [1.807, 2.05) is 12.1 Å². The van der Waals surface area contributed by atoms with E-state index in [2.05, 4.69) is 289 Å². The Labute approximate surface area is 436 Å². The molecule has 0 saturated heterocycles. The molecule has 0 bridgehead atoms. The lowest BCUT2D eigenvalue weighted by Gasteiger charge is -2.26. The number of nitrogens with zero attached hydrogens (tertiary/aromatic N) is 2. The highest BCUT2D eigenvalue weighted by atomic mass is 16.3. The molecule has 14 aromatic rings. The maximum atomic E-state index is 6.21. The first kappa shape index (κ1) is 43.8. The summed E-state index contributed by atoms with van der Waals surface area (Å²) < 4.78 is 8.59. The average Bonchev–Trinajstić information content (AvgIpc) is 4.06. The van der Waals surface area contributed by atoms with Crippen LogP contribution in [0, 0.1) is 0 Å². The van der Waals surface area contributed by atoms with Crippen LogP contribution in [0.4, 0.5) is 17.1 Å². The highest BCUT2D eigenvalue weighted by Gasteiger charge is 2.17. The topological polar surface area (TPSA) is 21.3 Å². The van der Waals surface area contributed by atoms with E-state index >= 15 is 0 Å². The number of fused-ring (bicyclic) bond motifs is 6. The number of hydrogen-bond donors (Lipinski definition) is 0. The molecule has 352 valence electrons. The maximum Gasteiger partial charge on any atom is 0.136 e. The molecule has 0 spiro atoms. The second-order valence-electron chi connectivity index (χ2n) is 19.3. The Morgan fingerprint density at radius 3 is 1.12 bits per heavy atom. The standard InChI is InChI=1S/C72H48N2O/c1-2-12-49(13-3-1)50-24-26-51(27-25-50)54-36-42-60(43-37-54)73(62-46-40-56(41-47-62)53-32-34-58(35-33-53)64-19-11-23-71-72(64)67-18-6-9-22-70(67)75-71)61-44-38-55(39-45-61)52-28-30-57(31-29-52)59-14-10-15-63(48-59)74-68-20-7-4-16-65(68)66-17-5-8-21-69(66)74/h1-48H. The molecule has 0 radical (unpaired) electrons. The lowest BCUT2D eigenvalue weighted by atomic mass is 9.97. The summed E-state index contributed by atoms with van der Waals surface area (Å²) in [6.45, 7) is 0. The number of para-hydroxylation sites is 3. The van der Waals surface area contributed by atoms with E-state index in [1.54, 1.807) is 0 Å². The van der Waals surface area contributed by atoms with Crippen LogP contribution in [-0.4, -0.2) is 4.57 Å². The van der Waals surface area contributed by atoms with Crippen molar-refractivity contribution in [1.29, 1.82) is 0 Å². The molecule has 3 nitrogen and oxygen atoms in total. The van der Waals surface area contributed by atoms with E-state index in [0.717, 1.165) is 66.9 Å². The van der Waals surface area contributed by atoms with Crippen LogP contribution in [0.25, 0.3) is 116 Å². The average molecular weight is 957 g/mol. The van der Waals surface area contributed by atoms with Crippen LogP contribution in [0.2, 0.25) is 0 Å². The van der Waals surface area contributed by atoms with Crippen LogP contribution in [0.3, 0.4) is 0 Å². The van der Waals surface area contributed by atoms with Gasteiger partial charge in [-0.2, -0.15) is 0 Å². The molecular weight excluding hydrogens is 909 g/mol. The fourth-order valence-corrected chi connectivity index (χ4v) is 11.1. The van der Waals surface area contributed by atoms with Crippen molar-refractivity contribution in [2.24, 2.45) is 0 Å². The van der Waals surface area contributed by atoms with Crippen LogP contribution < -0.4 is 4.90 Å². The number of hydrogen-bond acceptors (Lipinski definition) is 2. The number of benzene rings is 12. The second kappa shape index (κ2) is 18.6. The first-order valence-electron chi connectivity index (χ1n) is 25.6. The minimum Gasteiger partial charge on any atom is -0.456 e. The summed E-state index contributed by atoms with van der Waals surface area (Å²) in [5, 5.41) is 4.82. The van der Waals surface area contributed by atoms with Crippen LogP contribution in [-0.2, 0) is 0 Å². The van der Waals surface area contributed by atoms with Crippen LogP contribution in [0.15, 0.2) is 296 Å². The van der Waals surface area contributed by atoms with Gasteiger partial charge in [0.25, 0.3) is 0 Å². The molecule has 2 aromatic heterocycles. The molecule has 0 unspecified atom stereocenters. The normalized spacial score (nSPS) is 11.5. The minimum absolute atomic E-state index is 0.906. The van der Waals surface area contributed by atoms with Gasteiger partial charge in [-0.25, -0.2) is 0 Å². The van der Waals surface area contributed by atoms with Gasteiger partial charge in [0, 0.05) is 44.3 Å². The molecule has 0 N–H and O–H groups in total. The highest BCUT2D eigenvalue weighted by Crippen LogP contribution is 2.41.